The van der Waals surface area contributed by atoms with Gasteiger partial charge in [-0.3, -0.25) is 0 Å². The predicted molar refractivity (Wildman–Crippen MR) is 48.0 cm³/mol. The summed E-state index contributed by atoms with van der Waals surface area (Å²) < 4.78 is 0. The first-order chi connectivity index (χ1) is 5.62. The Morgan fingerprint density at radius 3 is 2.58 bits per heavy atom. The average Bonchev–Trinajstić information content (AvgIpc) is 1.94. The van der Waals surface area contributed by atoms with Crippen molar-refractivity contribution in [1.82, 2.24) is 5.32 Å². The largest absolute Gasteiger partial charge is 0.393 e. The number of rotatable bonds is 5. The lowest BCUT2D eigenvalue weighted by Crippen LogP contribution is -2.46. The highest BCUT2D eigenvalue weighted by atomic mass is 16.3. The molecule has 0 saturated heterocycles. The van der Waals surface area contributed by atoms with E-state index in [4.69, 9.17) is 5.11 Å². The molecule has 12 heavy (non-hydrogen) atoms. The second-order valence-corrected chi connectivity index (χ2v) is 3.89. The van der Waals surface area contributed by atoms with Crippen LogP contribution in [0.25, 0.3) is 0 Å². The Labute approximate surface area is 73.8 Å². The first-order valence-electron chi connectivity index (χ1n) is 4.74. The molecule has 3 nitrogen and oxygen atoms in total. The van der Waals surface area contributed by atoms with Crippen LogP contribution in [0.1, 0.15) is 32.6 Å². The zero-order valence-corrected chi connectivity index (χ0v) is 7.71. The summed E-state index contributed by atoms with van der Waals surface area (Å²) in [6.45, 7) is 3.25. The molecule has 0 aliphatic heterocycles. The molecule has 1 rings (SSSR count). The van der Waals surface area contributed by atoms with Crippen molar-refractivity contribution in [3.8, 4) is 0 Å². The van der Waals surface area contributed by atoms with Crippen LogP contribution in [-0.2, 0) is 0 Å². The minimum absolute atomic E-state index is 0.242. The van der Waals surface area contributed by atoms with Crippen molar-refractivity contribution in [3.63, 3.8) is 0 Å². The van der Waals surface area contributed by atoms with E-state index in [2.05, 4.69) is 5.32 Å². The predicted octanol–water partition coefficient (Wildman–Crippen LogP) is 0.262. The third-order valence-electron chi connectivity index (χ3n) is 2.48. The molecule has 72 valence electrons. The lowest BCUT2D eigenvalue weighted by Gasteiger charge is -2.36. The van der Waals surface area contributed by atoms with E-state index in [9.17, 15) is 5.11 Å². The summed E-state index contributed by atoms with van der Waals surface area (Å²) in [7, 11) is 0. The van der Waals surface area contributed by atoms with E-state index in [1.54, 1.807) is 6.92 Å². The van der Waals surface area contributed by atoms with Crippen molar-refractivity contribution in [1.29, 1.82) is 0 Å². The fourth-order valence-electron chi connectivity index (χ4n) is 1.39. The van der Waals surface area contributed by atoms with E-state index < -0.39 is 5.60 Å². The summed E-state index contributed by atoms with van der Waals surface area (Å²) in [5.74, 6) is 0. The smallest absolute Gasteiger partial charge is 0.0771 e. The third kappa shape index (κ3) is 3.09. The molecule has 1 atom stereocenters. The molecular weight excluding hydrogens is 154 g/mol. The maximum Gasteiger partial charge on any atom is 0.0771 e. The van der Waals surface area contributed by atoms with Crippen molar-refractivity contribution in [2.75, 3.05) is 13.1 Å². The van der Waals surface area contributed by atoms with Crippen LogP contribution in [0.5, 0.6) is 0 Å². The van der Waals surface area contributed by atoms with Crippen molar-refractivity contribution in [2.24, 2.45) is 0 Å². The van der Waals surface area contributed by atoms with Gasteiger partial charge in [0.05, 0.1) is 11.7 Å². The molecule has 3 heteroatoms. The number of aliphatic hydroxyl groups excluding tert-OH is 1. The molecular formula is C9H19NO2. The fraction of sp³-hybridized carbons (Fsp3) is 1.00. The van der Waals surface area contributed by atoms with Gasteiger partial charge in [0.2, 0.25) is 0 Å². The summed E-state index contributed by atoms with van der Waals surface area (Å²) in [4.78, 5) is 0. The van der Waals surface area contributed by atoms with E-state index in [0.29, 0.717) is 6.54 Å². The topological polar surface area (TPSA) is 52.5 Å². The van der Waals surface area contributed by atoms with Gasteiger partial charge in [0.15, 0.2) is 0 Å². The Morgan fingerprint density at radius 1 is 1.50 bits per heavy atom. The molecule has 0 radical (unpaired) electrons. The first-order valence-corrected chi connectivity index (χ1v) is 4.74. The summed E-state index contributed by atoms with van der Waals surface area (Å²) in [6, 6.07) is 0. The van der Waals surface area contributed by atoms with Crippen LogP contribution in [0.15, 0.2) is 0 Å². The molecule has 0 aromatic rings. The highest BCUT2D eigenvalue weighted by Crippen LogP contribution is 2.30. The van der Waals surface area contributed by atoms with Crippen LogP contribution in [0.3, 0.4) is 0 Å². The van der Waals surface area contributed by atoms with Crippen molar-refractivity contribution in [3.05, 3.63) is 0 Å². The molecule has 0 aromatic heterocycles. The maximum atomic E-state index is 9.65. The summed E-state index contributed by atoms with van der Waals surface area (Å²) in [5.41, 5.74) is -0.432. The van der Waals surface area contributed by atoms with E-state index in [1.165, 1.54) is 0 Å². The molecule has 0 bridgehead atoms. The number of nitrogens with one attached hydrogen (secondary N) is 1. The van der Waals surface area contributed by atoms with Crippen LogP contribution in [0, 0.1) is 0 Å². The number of hydrogen-bond acceptors (Lipinski definition) is 3. The van der Waals surface area contributed by atoms with E-state index in [0.717, 1.165) is 32.2 Å². The Hall–Kier alpha value is -0.120. The number of aliphatic hydroxyl groups is 2. The highest BCUT2D eigenvalue weighted by Gasteiger charge is 2.33. The summed E-state index contributed by atoms with van der Waals surface area (Å²) in [6.07, 6.45) is 3.52. The maximum absolute atomic E-state index is 9.65. The van der Waals surface area contributed by atoms with Crippen LogP contribution >= 0.6 is 0 Å². The molecule has 1 saturated carbocycles. The molecule has 1 aliphatic rings. The molecule has 0 amide bonds. The Bertz CT molecular complexity index is 132. The van der Waals surface area contributed by atoms with Gasteiger partial charge in [-0.15, -0.1) is 0 Å². The van der Waals surface area contributed by atoms with Crippen LogP contribution in [0.4, 0.5) is 0 Å². The molecule has 1 fully saturated rings. The van der Waals surface area contributed by atoms with Crippen LogP contribution in [-0.4, -0.2) is 35.0 Å². The van der Waals surface area contributed by atoms with Gasteiger partial charge in [0.1, 0.15) is 0 Å². The molecule has 0 heterocycles. The Balaban J connectivity index is 1.95. The van der Waals surface area contributed by atoms with Gasteiger partial charge < -0.3 is 15.5 Å². The second-order valence-electron chi connectivity index (χ2n) is 3.89. The molecule has 1 aliphatic carbocycles. The SMILES string of the molecule is CC(O)CCNCC1(O)CCC1. The molecule has 3 N–H and O–H groups in total. The fourth-order valence-corrected chi connectivity index (χ4v) is 1.39. The summed E-state index contributed by atoms with van der Waals surface area (Å²) >= 11 is 0. The van der Waals surface area contributed by atoms with Gasteiger partial charge in [0, 0.05) is 6.54 Å². The monoisotopic (exact) mass is 173 g/mol. The van der Waals surface area contributed by atoms with Gasteiger partial charge >= 0.3 is 0 Å². The zero-order chi connectivity index (χ0) is 9.03. The second kappa shape index (κ2) is 4.21. The van der Waals surface area contributed by atoms with Crippen molar-refractivity contribution < 1.29 is 10.2 Å². The lowest BCUT2D eigenvalue weighted by atomic mass is 9.80. The van der Waals surface area contributed by atoms with E-state index in [1.807, 2.05) is 0 Å². The minimum atomic E-state index is -0.432. The lowest BCUT2D eigenvalue weighted by molar-refractivity contribution is -0.0315. The Kier molecular flexibility index (Phi) is 3.50. The van der Waals surface area contributed by atoms with Crippen molar-refractivity contribution in [2.45, 2.75) is 44.3 Å². The van der Waals surface area contributed by atoms with Crippen molar-refractivity contribution >= 4 is 0 Å². The molecule has 0 aromatic carbocycles. The highest BCUT2D eigenvalue weighted by molar-refractivity contribution is 4.89. The van der Waals surface area contributed by atoms with E-state index >= 15 is 0 Å². The summed E-state index contributed by atoms with van der Waals surface area (Å²) in [5, 5.41) is 21.7. The van der Waals surface area contributed by atoms with E-state index in [-0.39, 0.29) is 6.10 Å². The zero-order valence-electron chi connectivity index (χ0n) is 7.71. The Morgan fingerprint density at radius 2 is 2.17 bits per heavy atom. The standard InChI is InChI=1S/C9H19NO2/c1-8(11)3-6-10-7-9(12)4-2-5-9/h8,10-12H,2-7H2,1H3. The van der Waals surface area contributed by atoms with Crippen LogP contribution < -0.4 is 5.32 Å². The molecule has 1 unspecified atom stereocenters. The van der Waals surface area contributed by atoms with Gasteiger partial charge in [-0.1, -0.05) is 0 Å². The van der Waals surface area contributed by atoms with Crippen LogP contribution in [0.2, 0.25) is 0 Å². The van der Waals surface area contributed by atoms with Gasteiger partial charge in [-0.05, 0) is 39.2 Å². The normalized spacial score (nSPS) is 23.2. The van der Waals surface area contributed by atoms with Gasteiger partial charge in [-0.2, -0.15) is 0 Å². The number of hydrogen-bond donors (Lipinski definition) is 3. The third-order valence-corrected chi connectivity index (χ3v) is 2.48. The quantitative estimate of drug-likeness (QED) is 0.523. The van der Waals surface area contributed by atoms with Gasteiger partial charge in [0.25, 0.3) is 0 Å². The minimum Gasteiger partial charge on any atom is -0.393 e. The first kappa shape index (κ1) is 9.96. The average molecular weight is 173 g/mol. The molecule has 0 spiro atoms. The van der Waals surface area contributed by atoms with Gasteiger partial charge in [-0.25, -0.2) is 0 Å².